The Labute approximate surface area is 166 Å². The molecule has 1 amide bonds. The van der Waals surface area contributed by atoms with Crippen molar-refractivity contribution in [1.29, 1.82) is 0 Å². The smallest absolute Gasteiger partial charge is 0.246 e. The zero-order chi connectivity index (χ0) is 19.4. The van der Waals surface area contributed by atoms with Gasteiger partial charge in [-0.05, 0) is 29.7 Å². The third-order valence-corrected chi connectivity index (χ3v) is 4.36. The van der Waals surface area contributed by atoms with Gasteiger partial charge in [-0.25, -0.2) is 0 Å². The average molecular weight is 374 g/mol. The van der Waals surface area contributed by atoms with Gasteiger partial charge in [-0.3, -0.25) is 4.79 Å². The van der Waals surface area contributed by atoms with E-state index in [1.165, 1.54) is 0 Å². The first-order chi connectivity index (χ1) is 13.8. The van der Waals surface area contributed by atoms with Crippen LogP contribution in [0.5, 0.6) is 0 Å². The number of carbonyl (C=O) groups is 1. The zero-order valence-electron chi connectivity index (χ0n) is 15.9. The lowest BCUT2D eigenvalue weighted by Gasteiger charge is -2.19. The van der Waals surface area contributed by atoms with E-state index in [4.69, 9.17) is 4.74 Å². The number of rotatable bonds is 10. The molecule has 0 spiro atoms. The number of anilines is 1. The maximum atomic E-state index is 12.2. The van der Waals surface area contributed by atoms with Crippen LogP contribution in [0.4, 0.5) is 5.69 Å². The number of para-hydroxylation sites is 1. The summed E-state index contributed by atoms with van der Waals surface area (Å²) in [5.74, 6) is -0.100. The van der Waals surface area contributed by atoms with E-state index in [1.807, 2.05) is 91.0 Å². The normalized spacial score (nSPS) is 10.6. The van der Waals surface area contributed by atoms with Gasteiger partial charge in [0.2, 0.25) is 5.91 Å². The van der Waals surface area contributed by atoms with E-state index < -0.39 is 0 Å². The van der Waals surface area contributed by atoms with Crippen LogP contribution < -0.4 is 10.6 Å². The number of benzene rings is 3. The summed E-state index contributed by atoms with van der Waals surface area (Å²) in [6, 6.07) is 30.0. The molecule has 4 heteroatoms. The summed E-state index contributed by atoms with van der Waals surface area (Å²) in [4.78, 5) is 12.2. The lowest BCUT2D eigenvalue weighted by molar-refractivity contribution is -0.127. The number of carbonyl (C=O) groups excluding carboxylic acids is 1. The second kappa shape index (κ2) is 10.9. The molecule has 0 saturated carbocycles. The molecule has 0 bridgehead atoms. The van der Waals surface area contributed by atoms with Crippen LogP contribution in [0.3, 0.4) is 0 Å². The van der Waals surface area contributed by atoms with Crippen molar-refractivity contribution in [3.05, 3.63) is 102 Å². The number of hydrogen-bond acceptors (Lipinski definition) is 3. The minimum atomic E-state index is -0.257. The number of ether oxygens (including phenoxy) is 1. The van der Waals surface area contributed by atoms with Crippen molar-refractivity contribution in [1.82, 2.24) is 5.32 Å². The van der Waals surface area contributed by atoms with E-state index in [0.29, 0.717) is 6.54 Å². The Morgan fingerprint density at radius 1 is 0.750 bits per heavy atom. The van der Waals surface area contributed by atoms with Gasteiger partial charge in [-0.15, -0.1) is 0 Å². The number of hydrogen-bond donors (Lipinski definition) is 2. The van der Waals surface area contributed by atoms with E-state index in [-0.39, 0.29) is 18.6 Å². The second-order valence-corrected chi connectivity index (χ2v) is 6.51. The highest BCUT2D eigenvalue weighted by atomic mass is 16.5. The van der Waals surface area contributed by atoms with E-state index in [1.54, 1.807) is 0 Å². The Hall–Kier alpha value is -3.11. The Morgan fingerprint density at radius 2 is 1.29 bits per heavy atom. The maximum absolute atomic E-state index is 12.2. The van der Waals surface area contributed by atoms with Crippen LogP contribution in [0.15, 0.2) is 91.0 Å². The summed E-state index contributed by atoms with van der Waals surface area (Å²) in [7, 11) is 0. The van der Waals surface area contributed by atoms with Crippen molar-refractivity contribution in [2.75, 3.05) is 25.0 Å². The molecule has 0 fully saturated rings. The quantitative estimate of drug-likeness (QED) is 0.517. The molecule has 0 aromatic heterocycles. The highest BCUT2D eigenvalue weighted by Gasteiger charge is 2.15. The summed E-state index contributed by atoms with van der Waals surface area (Å²) in [6.07, 6.45) is 0.592. The van der Waals surface area contributed by atoms with Gasteiger partial charge in [0.25, 0.3) is 0 Å². The Balaban J connectivity index is 1.43. The number of nitrogens with one attached hydrogen (secondary N) is 2. The molecule has 144 valence electrons. The fourth-order valence-corrected chi connectivity index (χ4v) is 2.96. The minimum Gasteiger partial charge on any atom is -0.385 e. The lowest BCUT2D eigenvalue weighted by Crippen LogP contribution is -2.30. The van der Waals surface area contributed by atoms with Crippen LogP contribution in [-0.2, 0) is 9.53 Å². The van der Waals surface area contributed by atoms with Gasteiger partial charge in [0, 0.05) is 18.8 Å². The Morgan fingerprint density at radius 3 is 1.86 bits per heavy atom. The highest BCUT2D eigenvalue weighted by Crippen LogP contribution is 2.25. The monoisotopic (exact) mass is 374 g/mol. The van der Waals surface area contributed by atoms with E-state index in [9.17, 15) is 4.79 Å². The second-order valence-electron chi connectivity index (χ2n) is 6.51. The van der Waals surface area contributed by atoms with Crippen molar-refractivity contribution in [2.24, 2.45) is 0 Å². The first kappa shape index (κ1) is 19.6. The van der Waals surface area contributed by atoms with Crippen LogP contribution in [-0.4, -0.2) is 25.6 Å². The standard InChI is InChI=1S/C24H26N2O2/c27-23(26-18-10-17-25-22-15-8-3-9-16-22)19-28-24(20-11-4-1-5-12-20)21-13-6-2-7-14-21/h1-9,11-16,24-25H,10,17-19H2,(H,26,27). The van der Waals surface area contributed by atoms with Crippen LogP contribution >= 0.6 is 0 Å². The lowest BCUT2D eigenvalue weighted by atomic mass is 10.0. The van der Waals surface area contributed by atoms with Gasteiger partial charge >= 0.3 is 0 Å². The molecule has 0 saturated heterocycles. The topological polar surface area (TPSA) is 50.4 Å². The number of amides is 1. The molecule has 3 rings (SSSR count). The average Bonchev–Trinajstić information content (AvgIpc) is 2.76. The molecule has 4 nitrogen and oxygen atoms in total. The van der Waals surface area contributed by atoms with E-state index in [0.717, 1.165) is 29.8 Å². The third kappa shape index (κ3) is 6.25. The zero-order valence-corrected chi connectivity index (χ0v) is 15.9. The molecule has 0 atom stereocenters. The van der Waals surface area contributed by atoms with Gasteiger partial charge in [0.05, 0.1) is 0 Å². The SMILES string of the molecule is O=C(COC(c1ccccc1)c1ccccc1)NCCCNc1ccccc1. The molecular formula is C24H26N2O2. The molecule has 3 aromatic rings. The van der Waals surface area contributed by atoms with Gasteiger partial charge in [0.15, 0.2) is 0 Å². The molecular weight excluding hydrogens is 348 g/mol. The van der Waals surface area contributed by atoms with Crippen molar-refractivity contribution < 1.29 is 9.53 Å². The molecule has 3 aromatic carbocycles. The fraction of sp³-hybridized carbons (Fsp3) is 0.208. The predicted octanol–water partition coefficient (Wildman–Crippen LogP) is 4.41. The Bertz CT molecular complexity index is 783. The molecule has 0 unspecified atom stereocenters. The van der Waals surface area contributed by atoms with Gasteiger partial charge < -0.3 is 15.4 Å². The van der Waals surface area contributed by atoms with Crippen LogP contribution in [0.1, 0.15) is 23.7 Å². The predicted molar refractivity (Wildman–Crippen MR) is 113 cm³/mol. The van der Waals surface area contributed by atoms with Crippen molar-refractivity contribution in [2.45, 2.75) is 12.5 Å². The van der Waals surface area contributed by atoms with Gasteiger partial charge in [-0.2, -0.15) is 0 Å². The van der Waals surface area contributed by atoms with Crippen molar-refractivity contribution in [3.63, 3.8) is 0 Å². The van der Waals surface area contributed by atoms with Crippen molar-refractivity contribution >= 4 is 11.6 Å². The van der Waals surface area contributed by atoms with Crippen molar-refractivity contribution in [3.8, 4) is 0 Å². The summed E-state index contributed by atoms with van der Waals surface area (Å²) >= 11 is 0. The molecule has 0 heterocycles. The largest absolute Gasteiger partial charge is 0.385 e. The molecule has 28 heavy (non-hydrogen) atoms. The molecule has 0 aliphatic rings. The van der Waals surface area contributed by atoms with Crippen LogP contribution in [0.2, 0.25) is 0 Å². The fourth-order valence-electron chi connectivity index (χ4n) is 2.96. The molecule has 0 radical (unpaired) electrons. The maximum Gasteiger partial charge on any atom is 0.246 e. The molecule has 0 aliphatic heterocycles. The summed E-state index contributed by atoms with van der Waals surface area (Å²) in [6.45, 7) is 1.45. The minimum absolute atomic E-state index is 0.0283. The van der Waals surface area contributed by atoms with Gasteiger partial charge in [-0.1, -0.05) is 78.9 Å². The molecule has 0 aliphatic carbocycles. The summed E-state index contributed by atoms with van der Waals surface area (Å²) in [5, 5.41) is 6.25. The molecule has 2 N–H and O–H groups in total. The van der Waals surface area contributed by atoms with Crippen LogP contribution in [0.25, 0.3) is 0 Å². The third-order valence-electron chi connectivity index (χ3n) is 4.36. The highest BCUT2D eigenvalue weighted by molar-refractivity contribution is 5.77. The Kier molecular flexibility index (Phi) is 7.65. The first-order valence-corrected chi connectivity index (χ1v) is 9.60. The van der Waals surface area contributed by atoms with Crippen LogP contribution in [0, 0.1) is 0 Å². The van der Waals surface area contributed by atoms with E-state index >= 15 is 0 Å². The first-order valence-electron chi connectivity index (χ1n) is 9.60. The van der Waals surface area contributed by atoms with Gasteiger partial charge in [0.1, 0.15) is 12.7 Å². The summed E-state index contributed by atoms with van der Waals surface area (Å²) < 4.78 is 5.97. The summed E-state index contributed by atoms with van der Waals surface area (Å²) in [5.41, 5.74) is 3.16. The van der Waals surface area contributed by atoms with E-state index in [2.05, 4.69) is 10.6 Å².